The lowest BCUT2D eigenvalue weighted by atomic mass is 9.83. The lowest BCUT2D eigenvalue weighted by molar-refractivity contribution is -0.0471. The smallest absolute Gasteiger partial charge is 0.264 e. The number of hydrogen-bond donors (Lipinski definition) is 2. The number of nitrogens with one attached hydrogen (secondary N) is 2. The van der Waals surface area contributed by atoms with Crippen LogP contribution in [-0.4, -0.2) is 37.0 Å². The molecule has 7 nitrogen and oxygen atoms in total. The van der Waals surface area contributed by atoms with Crippen LogP contribution in [0.15, 0.2) is 53.4 Å². The van der Waals surface area contributed by atoms with E-state index >= 15 is 0 Å². The number of sulfonamides is 1. The molecule has 0 spiro atoms. The fourth-order valence-corrected chi connectivity index (χ4v) is 6.14. The second-order valence-electron chi connectivity index (χ2n) is 10.0. The van der Waals surface area contributed by atoms with Crippen LogP contribution < -0.4 is 14.8 Å². The molecule has 0 radical (unpaired) electrons. The minimum Gasteiger partial charge on any atom is -0.475 e. The van der Waals surface area contributed by atoms with Crippen molar-refractivity contribution in [2.24, 2.45) is 5.92 Å². The summed E-state index contributed by atoms with van der Waals surface area (Å²) in [5, 5.41) is 3.37. The summed E-state index contributed by atoms with van der Waals surface area (Å²) in [6.07, 6.45) is 1.28. The summed E-state index contributed by atoms with van der Waals surface area (Å²) < 4.78 is 62.4. The van der Waals surface area contributed by atoms with E-state index in [0.29, 0.717) is 30.6 Å². The molecular formula is C27H30F2N4O3S. The third-order valence-electron chi connectivity index (χ3n) is 7.07. The first-order valence-electron chi connectivity index (χ1n) is 12.4. The minimum absolute atomic E-state index is 0.0673. The van der Waals surface area contributed by atoms with Gasteiger partial charge < -0.3 is 10.1 Å². The molecule has 2 aliphatic rings. The van der Waals surface area contributed by atoms with E-state index in [2.05, 4.69) is 20.0 Å². The quantitative estimate of drug-likeness (QED) is 0.436. The van der Waals surface area contributed by atoms with Gasteiger partial charge in [0.15, 0.2) is 0 Å². The summed E-state index contributed by atoms with van der Waals surface area (Å²) in [6, 6.07) is 13.8. The van der Waals surface area contributed by atoms with Crippen molar-refractivity contribution in [3.63, 3.8) is 0 Å². The van der Waals surface area contributed by atoms with Crippen molar-refractivity contribution in [1.29, 1.82) is 0 Å². The predicted octanol–water partition coefficient (Wildman–Crippen LogP) is 5.95. The molecule has 1 aromatic heterocycles. The van der Waals surface area contributed by atoms with Crippen LogP contribution in [0.2, 0.25) is 0 Å². The average molecular weight is 529 g/mol. The van der Waals surface area contributed by atoms with Crippen molar-refractivity contribution >= 4 is 21.7 Å². The Morgan fingerprint density at radius 1 is 1.03 bits per heavy atom. The molecular weight excluding hydrogens is 498 g/mol. The lowest BCUT2D eigenvalue weighted by Gasteiger charge is -2.31. The molecule has 1 aliphatic heterocycles. The van der Waals surface area contributed by atoms with Crippen molar-refractivity contribution in [1.82, 2.24) is 9.97 Å². The highest BCUT2D eigenvalue weighted by Gasteiger charge is 2.35. The zero-order valence-electron chi connectivity index (χ0n) is 20.8. The highest BCUT2D eigenvalue weighted by Crippen LogP contribution is 2.38. The molecule has 1 saturated carbocycles. The van der Waals surface area contributed by atoms with E-state index in [9.17, 15) is 17.2 Å². The summed E-state index contributed by atoms with van der Waals surface area (Å²) in [5.74, 6) is -2.32. The topological polar surface area (TPSA) is 93.2 Å². The Morgan fingerprint density at radius 3 is 2.46 bits per heavy atom. The van der Waals surface area contributed by atoms with Crippen LogP contribution in [-0.2, 0) is 10.0 Å². The number of halogens is 2. The van der Waals surface area contributed by atoms with Crippen LogP contribution in [0.4, 0.5) is 20.4 Å². The highest BCUT2D eigenvalue weighted by molar-refractivity contribution is 7.92. The molecule has 1 atom stereocenters. The van der Waals surface area contributed by atoms with Gasteiger partial charge in [-0.1, -0.05) is 24.3 Å². The van der Waals surface area contributed by atoms with Crippen LogP contribution in [0.25, 0.3) is 11.3 Å². The van der Waals surface area contributed by atoms with Gasteiger partial charge in [0.2, 0.25) is 17.8 Å². The van der Waals surface area contributed by atoms with Crippen LogP contribution >= 0.6 is 0 Å². The normalized spacial score (nSPS) is 20.9. The first-order chi connectivity index (χ1) is 17.6. The van der Waals surface area contributed by atoms with Gasteiger partial charge >= 0.3 is 0 Å². The summed E-state index contributed by atoms with van der Waals surface area (Å²) in [4.78, 5) is 8.92. The van der Waals surface area contributed by atoms with Gasteiger partial charge in [-0.25, -0.2) is 26.9 Å². The Kier molecular flexibility index (Phi) is 6.78. The van der Waals surface area contributed by atoms with Gasteiger partial charge in [-0.3, -0.25) is 0 Å². The van der Waals surface area contributed by atoms with Crippen LogP contribution in [0, 0.1) is 19.8 Å². The number of fused-ring (bicyclic) bond motifs is 4. The number of aryl methyl sites for hydroxylation is 2. The lowest BCUT2D eigenvalue weighted by Crippen LogP contribution is -2.33. The van der Waals surface area contributed by atoms with Gasteiger partial charge in [0.1, 0.15) is 6.61 Å². The van der Waals surface area contributed by atoms with Crippen LogP contribution in [0.5, 0.6) is 5.88 Å². The van der Waals surface area contributed by atoms with Crippen molar-refractivity contribution in [3.8, 4) is 17.1 Å². The molecule has 4 bridgehead atoms. The molecule has 0 unspecified atom stereocenters. The van der Waals surface area contributed by atoms with E-state index in [1.165, 1.54) is 6.07 Å². The number of hydrogen-bond acceptors (Lipinski definition) is 6. The maximum absolute atomic E-state index is 13.7. The molecule has 0 amide bonds. The fraction of sp³-hybridized carbons (Fsp3) is 0.407. The Hall–Kier alpha value is -3.27. The number of aromatic nitrogens is 2. The molecule has 5 rings (SSSR count). The first kappa shape index (κ1) is 25.4. The van der Waals surface area contributed by atoms with Crippen molar-refractivity contribution in [2.75, 3.05) is 16.6 Å². The summed E-state index contributed by atoms with van der Waals surface area (Å²) >= 11 is 0. The van der Waals surface area contributed by atoms with Gasteiger partial charge in [-0.15, -0.1) is 0 Å². The van der Waals surface area contributed by atoms with Crippen molar-refractivity contribution < 1.29 is 21.9 Å². The van der Waals surface area contributed by atoms with Gasteiger partial charge in [0.05, 0.1) is 16.6 Å². The zero-order valence-corrected chi connectivity index (χ0v) is 21.6. The Labute approximate surface area is 215 Å². The van der Waals surface area contributed by atoms with E-state index in [0.717, 1.165) is 16.7 Å². The van der Waals surface area contributed by atoms with Gasteiger partial charge in [0, 0.05) is 30.2 Å². The number of benzene rings is 2. The monoisotopic (exact) mass is 528 g/mol. The van der Waals surface area contributed by atoms with E-state index in [4.69, 9.17) is 4.74 Å². The number of anilines is 2. The van der Waals surface area contributed by atoms with E-state index in [-0.39, 0.29) is 48.1 Å². The predicted molar refractivity (Wildman–Crippen MR) is 139 cm³/mol. The average Bonchev–Trinajstić information content (AvgIpc) is 2.83. The van der Waals surface area contributed by atoms with Crippen molar-refractivity contribution in [3.05, 3.63) is 59.7 Å². The van der Waals surface area contributed by atoms with Crippen LogP contribution in [0.1, 0.15) is 43.2 Å². The third kappa shape index (κ3) is 5.84. The fourth-order valence-electron chi connectivity index (χ4n) is 5.15. The summed E-state index contributed by atoms with van der Waals surface area (Å²) in [5.41, 5.74) is 4.01. The summed E-state index contributed by atoms with van der Waals surface area (Å²) in [7, 11) is -3.98. The van der Waals surface area contributed by atoms with Crippen LogP contribution in [0.3, 0.4) is 0 Å². The number of rotatable bonds is 3. The SMILES string of the molecule is Cc1cccc(C)c1-c1cc2nc(n1)NS(=O)(=O)c1cccc(c1)N[C@H](CC1CCC(F)(F)CC1)CO2. The molecule has 2 N–H and O–H groups in total. The molecule has 196 valence electrons. The molecule has 2 aromatic carbocycles. The maximum atomic E-state index is 13.7. The minimum atomic E-state index is -3.98. The third-order valence-corrected chi connectivity index (χ3v) is 8.39. The van der Waals surface area contributed by atoms with Gasteiger partial charge in [0.25, 0.3) is 10.0 Å². The van der Waals surface area contributed by atoms with E-state index in [1.54, 1.807) is 24.3 Å². The standard InChI is InChI=1S/C27H30F2N4O3S/c1-17-5-3-6-18(2)25(17)23-15-24-32-26(31-23)33-37(34,35)22-8-4-7-20(14-22)30-21(16-36-24)13-19-9-11-27(28,29)12-10-19/h3-8,14-15,19,21,30H,9-13,16H2,1-2H3,(H,31,32,33)/t21-/m1/s1. The number of nitrogens with zero attached hydrogens (tertiary/aromatic N) is 2. The van der Waals surface area contributed by atoms with Gasteiger partial charge in [-0.05, 0) is 68.4 Å². The number of ether oxygens (including phenoxy) is 1. The van der Waals surface area contributed by atoms with Crippen molar-refractivity contribution in [2.45, 2.75) is 62.8 Å². The molecule has 10 heteroatoms. The largest absolute Gasteiger partial charge is 0.475 e. The second kappa shape index (κ2) is 9.89. The molecule has 37 heavy (non-hydrogen) atoms. The molecule has 1 fully saturated rings. The molecule has 3 aromatic rings. The Balaban J connectivity index is 1.52. The van der Waals surface area contributed by atoms with E-state index < -0.39 is 15.9 Å². The first-order valence-corrected chi connectivity index (χ1v) is 13.9. The van der Waals surface area contributed by atoms with E-state index in [1.807, 2.05) is 32.0 Å². The molecule has 2 heterocycles. The summed E-state index contributed by atoms with van der Waals surface area (Å²) in [6.45, 7) is 4.16. The number of alkyl halides is 2. The molecule has 0 saturated heterocycles. The second-order valence-corrected chi connectivity index (χ2v) is 11.7. The Morgan fingerprint density at radius 2 is 1.73 bits per heavy atom. The zero-order chi connectivity index (χ0) is 26.2. The molecule has 1 aliphatic carbocycles. The Bertz CT molecular complexity index is 1380. The maximum Gasteiger partial charge on any atom is 0.264 e. The highest BCUT2D eigenvalue weighted by atomic mass is 32.2. The van der Waals surface area contributed by atoms with Gasteiger partial charge in [-0.2, -0.15) is 4.98 Å².